The first-order valence-electron chi connectivity index (χ1n) is 6.12. The van der Waals surface area contributed by atoms with E-state index in [0.29, 0.717) is 5.75 Å². The molecule has 0 saturated heterocycles. The maximum absolute atomic E-state index is 12.7. The first-order chi connectivity index (χ1) is 9.51. The van der Waals surface area contributed by atoms with Gasteiger partial charge in [-0.3, -0.25) is 14.6 Å². The summed E-state index contributed by atoms with van der Waals surface area (Å²) in [5.41, 5.74) is -0.473. The Bertz CT molecular complexity index is 618. The summed E-state index contributed by atoms with van der Waals surface area (Å²) in [5.74, 6) is -1.35. The molecule has 1 aromatic rings. The molecular formula is C15H15NO4. The molecule has 1 N–H and O–H groups in total. The molecule has 0 spiro atoms. The third-order valence-electron chi connectivity index (χ3n) is 3.30. The Morgan fingerprint density at radius 3 is 2.70 bits per heavy atom. The molecule has 104 valence electrons. The molecule has 1 unspecified atom stereocenters. The number of carbonyl (C=O) groups excluding carboxylic acids is 1. The molecule has 2 rings (SSSR count). The monoisotopic (exact) mass is 273 g/mol. The molecule has 1 heterocycles. The topological polar surface area (TPSA) is 76.0 Å². The van der Waals surface area contributed by atoms with Crippen molar-refractivity contribution in [2.24, 2.45) is 10.4 Å². The van der Waals surface area contributed by atoms with Crippen LogP contribution in [0.2, 0.25) is 0 Å². The van der Waals surface area contributed by atoms with Crippen LogP contribution in [-0.4, -0.2) is 36.7 Å². The van der Waals surface area contributed by atoms with Gasteiger partial charge in [-0.05, 0) is 30.7 Å². The van der Waals surface area contributed by atoms with Crippen LogP contribution in [0, 0.1) is 12.3 Å². The van der Waals surface area contributed by atoms with Gasteiger partial charge in [0.05, 0.1) is 19.2 Å². The van der Waals surface area contributed by atoms with Crippen molar-refractivity contribution < 1.29 is 19.4 Å². The first kappa shape index (κ1) is 14.0. The van der Waals surface area contributed by atoms with Crippen LogP contribution in [0.3, 0.4) is 0 Å². The molecule has 0 bridgehead atoms. The number of hydrogen-bond acceptors (Lipinski definition) is 4. The highest BCUT2D eigenvalue weighted by Gasteiger charge is 2.45. The van der Waals surface area contributed by atoms with Crippen LogP contribution in [0.15, 0.2) is 35.3 Å². The van der Waals surface area contributed by atoms with Crippen LogP contribution in [0.4, 0.5) is 0 Å². The number of hydrogen-bond donors (Lipinski definition) is 1. The number of Topliss-reactive ketones (excluding diaryl/α,β-unsaturated/α-hetero) is 1. The summed E-state index contributed by atoms with van der Waals surface area (Å²) in [6, 6.07) is 5.05. The van der Waals surface area contributed by atoms with Crippen molar-refractivity contribution in [2.75, 3.05) is 13.7 Å². The minimum Gasteiger partial charge on any atom is -0.496 e. The van der Waals surface area contributed by atoms with E-state index in [9.17, 15) is 14.7 Å². The van der Waals surface area contributed by atoms with E-state index < -0.39 is 17.2 Å². The first-order valence-corrected chi connectivity index (χ1v) is 6.12. The SMILES string of the molecule is COc1cc(C)ccc1C(=O)C1(C(=O)O)C=CC=NC1. The predicted molar refractivity (Wildman–Crippen MR) is 74.6 cm³/mol. The Hall–Kier alpha value is -2.43. The molecule has 5 heteroatoms. The fourth-order valence-corrected chi connectivity index (χ4v) is 2.13. The zero-order chi connectivity index (χ0) is 14.8. The second kappa shape index (κ2) is 5.28. The second-order valence-electron chi connectivity index (χ2n) is 4.66. The van der Waals surface area contributed by atoms with Gasteiger partial charge in [-0.1, -0.05) is 12.1 Å². The Morgan fingerprint density at radius 1 is 1.40 bits per heavy atom. The summed E-state index contributed by atoms with van der Waals surface area (Å²) < 4.78 is 5.19. The molecule has 1 atom stereocenters. The highest BCUT2D eigenvalue weighted by molar-refractivity contribution is 6.16. The van der Waals surface area contributed by atoms with Crippen LogP contribution in [0.5, 0.6) is 5.75 Å². The summed E-state index contributed by atoms with van der Waals surface area (Å²) in [4.78, 5) is 28.2. The van der Waals surface area contributed by atoms with Crippen molar-refractivity contribution in [3.63, 3.8) is 0 Å². The lowest BCUT2D eigenvalue weighted by molar-refractivity contribution is -0.143. The number of carboxylic acids is 1. The number of ketones is 1. The fourth-order valence-electron chi connectivity index (χ4n) is 2.13. The van der Waals surface area contributed by atoms with Gasteiger partial charge in [0.2, 0.25) is 0 Å². The number of allylic oxidation sites excluding steroid dienone is 1. The molecule has 1 aliphatic heterocycles. The lowest BCUT2D eigenvalue weighted by Gasteiger charge is -2.25. The smallest absolute Gasteiger partial charge is 0.323 e. The summed E-state index contributed by atoms with van der Waals surface area (Å²) in [6.07, 6.45) is 4.35. The van der Waals surface area contributed by atoms with E-state index >= 15 is 0 Å². The van der Waals surface area contributed by atoms with E-state index in [1.165, 1.54) is 25.5 Å². The number of methoxy groups -OCH3 is 1. The van der Waals surface area contributed by atoms with Crippen LogP contribution in [0.1, 0.15) is 15.9 Å². The maximum Gasteiger partial charge on any atom is 0.323 e. The van der Waals surface area contributed by atoms with E-state index in [-0.39, 0.29) is 12.1 Å². The molecule has 5 nitrogen and oxygen atoms in total. The zero-order valence-corrected chi connectivity index (χ0v) is 11.3. The van der Waals surface area contributed by atoms with Gasteiger partial charge < -0.3 is 9.84 Å². The molecule has 1 aliphatic rings. The second-order valence-corrected chi connectivity index (χ2v) is 4.66. The number of ether oxygens (including phenoxy) is 1. The molecule has 0 aliphatic carbocycles. The van der Waals surface area contributed by atoms with Gasteiger partial charge in [-0.25, -0.2) is 0 Å². The van der Waals surface area contributed by atoms with Gasteiger partial charge in [-0.15, -0.1) is 0 Å². The molecular weight excluding hydrogens is 258 g/mol. The Kier molecular flexibility index (Phi) is 3.70. The highest BCUT2D eigenvalue weighted by Crippen LogP contribution is 2.32. The molecule has 0 aromatic heterocycles. The standard InChI is InChI=1S/C15H15NO4/c1-10-4-5-11(12(8-10)20-2)13(17)15(14(18)19)6-3-7-16-9-15/h3-8H,9H2,1-2H3,(H,18,19). The van der Waals surface area contributed by atoms with Crippen molar-refractivity contribution in [3.8, 4) is 5.75 Å². The fraction of sp³-hybridized carbons (Fsp3) is 0.267. The average Bonchev–Trinajstić information content (AvgIpc) is 2.46. The average molecular weight is 273 g/mol. The summed E-state index contributed by atoms with van der Waals surface area (Å²) in [5, 5.41) is 9.45. The van der Waals surface area contributed by atoms with Crippen LogP contribution < -0.4 is 4.74 Å². The number of aliphatic carboxylic acids is 1. The van der Waals surface area contributed by atoms with Gasteiger partial charge in [0.1, 0.15) is 5.75 Å². The van der Waals surface area contributed by atoms with Gasteiger partial charge in [0.25, 0.3) is 0 Å². The highest BCUT2D eigenvalue weighted by atomic mass is 16.5. The number of carboxylic acid groups (broad SMARTS) is 1. The molecule has 0 saturated carbocycles. The van der Waals surface area contributed by atoms with Gasteiger partial charge in [0.15, 0.2) is 11.2 Å². The van der Waals surface area contributed by atoms with Crippen LogP contribution >= 0.6 is 0 Å². The number of benzene rings is 1. The number of aliphatic imine (C=N–C) groups is 1. The van der Waals surface area contributed by atoms with Crippen LogP contribution in [0.25, 0.3) is 0 Å². The van der Waals surface area contributed by atoms with Crippen molar-refractivity contribution in [2.45, 2.75) is 6.92 Å². The minimum atomic E-state index is -1.66. The maximum atomic E-state index is 12.7. The number of carbonyl (C=O) groups is 2. The van der Waals surface area contributed by atoms with Gasteiger partial charge in [-0.2, -0.15) is 0 Å². The largest absolute Gasteiger partial charge is 0.496 e. The van der Waals surface area contributed by atoms with Crippen molar-refractivity contribution in [1.82, 2.24) is 0 Å². The lowest BCUT2D eigenvalue weighted by atomic mass is 9.78. The minimum absolute atomic E-state index is 0.102. The molecule has 1 aromatic carbocycles. The summed E-state index contributed by atoms with van der Waals surface area (Å²) in [6.45, 7) is 1.77. The van der Waals surface area contributed by atoms with E-state index in [1.54, 1.807) is 18.2 Å². The van der Waals surface area contributed by atoms with E-state index in [4.69, 9.17) is 4.74 Å². The number of rotatable bonds is 4. The van der Waals surface area contributed by atoms with Gasteiger partial charge >= 0.3 is 5.97 Å². The Labute approximate surface area is 116 Å². The van der Waals surface area contributed by atoms with Crippen molar-refractivity contribution in [3.05, 3.63) is 41.5 Å². The third-order valence-corrected chi connectivity index (χ3v) is 3.30. The van der Waals surface area contributed by atoms with Crippen molar-refractivity contribution in [1.29, 1.82) is 0 Å². The summed E-state index contributed by atoms with van der Waals surface area (Å²) in [7, 11) is 1.45. The van der Waals surface area contributed by atoms with E-state index in [1.807, 2.05) is 6.92 Å². The lowest BCUT2D eigenvalue weighted by Crippen LogP contribution is -2.41. The van der Waals surface area contributed by atoms with Gasteiger partial charge in [0, 0.05) is 6.21 Å². The van der Waals surface area contributed by atoms with Crippen LogP contribution in [-0.2, 0) is 4.79 Å². The zero-order valence-electron chi connectivity index (χ0n) is 11.3. The number of nitrogens with zero attached hydrogens (tertiary/aromatic N) is 1. The predicted octanol–water partition coefficient (Wildman–Crippen LogP) is 1.90. The molecule has 20 heavy (non-hydrogen) atoms. The Morgan fingerprint density at radius 2 is 2.15 bits per heavy atom. The molecule has 0 fully saturated rings. The van der Waals surface area contributed by atoms with E-state index in [2.05, 4.69) is 4.99 Å². The normalized spacial score (nSPS) is 20.7. The summed E-state index contributed by atoms with van der Waals surface area (Å²) >= 11 is 0. The molecule has 0 amide bonds. The van der Waals surface area contributed by atoms with Crippen molar-refractivity contribution >= 4 is 18.0 Å². The number of aryl methyl sites for hydroxylation is 1. The molecule has 0 radical (unpaired) electrons. The number of dihydropyridines is 1. The quantitative estimate of drug-likeness (QED) is 0.671. The third kappa shape index (κ3) is 2.22. The van der Waals surface area contributed by atoms with E-state index in [0.717, 1.165) is 5.56 Å². The Balaban J connectivity index is 2.51.